The van der Waals surface area contributed by atoms with Crippen molar-refractivity contribution in [1.29, 1.82) is 0 Å². The summed E-state index contributed by atoms with van der Waals surface area (Å²) in [6.07, 6.45) is 2.00. The minimum atomic E-state index is -0.804. The number of rotatable bonds is 2. The molecular formula is C10H11NO2S. The number of carbonyl (C=O) groups is 1. The number of carboxylic acid groups (broad SMARTS) is 1. The van der Waals surface area contributed by atoms with E-state index in [0.29, 0.717) is 6.54 Å². The normalized spacial score (nSPS) is 19.4. The molecule has 0 aliphatic carbocycles. The van der Waals surface area contributed by atoms with Crippen molar-refractivity contribution >= 4 is 17.7 Å². The van der Waals surface area contributed by atoms with Crippen LogP contribution >= 0.6 is 11.8 Å². The van der Waals surface area contributed by atoms with Gasteiger partial charge in [-0.15, -0.1) is 11.8 Å². The highest BCUT2D eigenvalue weighted by Crippen LogP contribution is 2.32. The van der Waals surface area contributed by atoms with E-state index in [1.165, 1.54) is 4.90 Å². The Labute approximate surface area is 86.5 Å². The smallest absolute Gasteiger partial charge is 0.325 e. The van der Waals surface area contributed by atoms with E-state index in [0.717, 1.165) is 11.1 Å². The van der Waals surface area contributed by atoms with Crippen LogP contribution in [0.4, 0.5) is 0 Å². The molecule has 0 aromatic heterocycles. The molecule has 1 heterocycles. The molecule has 1 aromatic rings. The molecule has 3 nitrogen and oxygen atoms in total. The summed E-state index contributed by atoms with van der Waals surface area (Å²) in [6, 6.07) is 5.29. The lowest BCUT2D eigenvalue weighted by molar-refractivity contribution is -0.139. The average Bonchev–Trinajstić information content (AvgIpc) is 2.60. The first-order valence-electron chi connectivity index (χ1n) is 4.36. The van der Waals surface area contributed by atoms with Crippen LogP contribution in [0.25, 0.3) is 0 Å². The zero-order valence-electron chi connectivity index (χ0n) is 7.78. The van der Waals surface area contributed by atoms with Crippen LogP contribution in [0.1, 0.15) is 17.2 Å². The molecule has 4 heteroatoms. The van der Waals surface area contributed by atoms with Crippen molar-refractivity contribution in [3.8, 4) is 0 Å². The van der Waals surface area contributed by atoms with Gasteiger partial charge in [-0.3, -0.25) is 10.1 Å². The summed E-state index contributed by atoms with van der Waals surface area (Å²) >= 11 is 1.65. The SMILES string of the molecule is CSc1cccc2c1CN[C@H]2C(=O)O. The Balaban J connectivity index is 2.46. The van der Waals surface area contributed by atoms with Crippen LogP contribution in [0.3, 0.4) is 0 Å². The van der Waals surface area contributed by atoms with Gasteiger partial charge < -0.3 is 5.11 Å². The minimum absolute atomic E-state index is 0.530. The number of aliphatic carboxylic acids is 1. The summed E-state index contributed by atoms with van der Waals surface area (Å²) < 4.78 is 0. The van der Waals surface area contributed by atoms with Crippen LogP contribution in [-0.2, 0) is 11.3 Å². The second-order valence-corrected chi connectivity index (χ2v) is 4.03. The van der Waals surface area contributed by atoms with E-state index in [2.05, 4.69) is 5.32 Å². The lowest BCUT2D eigenvalue weighted by atomic mass is 10.1. The third-order valence-corrected chi connectivity index (χ3v) is 3.25. The van der Waals surface area contributed by atoms with E-state index in [1.807, 2.05) is 24.5 Å². The van der Waals surface area contributed by atoms with Gasteiger partial charge >= 0.3 is 5.97 Å². The van der Waals surface area contributed by atoms with Crippen molar-refractivity contribution in [2.75, 3.05) is 6.26 Å². The number of benzene rings is 1. The van der Waals surface area contributed by atoms with E-state index in [-0.39, 0.29) is 0 Å². The summed E-state index contributed by atoms with van der Waals surface area (Å²) in [6.45, 7) is 0.656. The molecule has 0 bridgehead atoms. The number of nitrogens with one attached hydrogen (secondary N) is 1. The number of fused-ring (bicyclic) bond motifs is 1. The van der Waals surface area contributed by atoms with Gasteiger partial charge in [0.05, 0.1) is 0 Å². The van der Waals surface area contributed by atoms with E-state index in [9.17, 15) is 4.79 Å². The fraction of sp³-hybridized carbons (Fsp3) is 0.300. The van der Waals surface area contributed by atoms with Crippen molar-refractivity contribution in [2.45, 2.75) is 17.5 Å². The van der Waals surface area contributed by atoms with Gasteiger partial charge in [-0.2, -0.15) is 0 Å². The van der Waals surface area contributed by atoms with Crippen LogP contribution in [0, 0.1) is 0 Å². The van der Waals surface area contributed by atoms with Gasteiger partial charge in [0.1, 0.15) is 6.04 Å². The lowest BCUT2D eigenvalue weighted by Crippen LogP contribution is -2.21. The molecule has 1 atom stereocenters. The molecule has 0 fully saturated rings. The molecule has 0 spiro atoms. The summed E-state index contributed by atoms with van der Waals surface area (Å²) in [5.74, 6) is -0.804. The summed E-state index contributed by atoms with van der Waals surface area (Å²) in [7, 11) is 0. The second kappa shape index (κ2) is 3.63. The molecule has 1 aliphatic heterocycles. The van der Waals surface area contributed by atoms with Crippen molar-refractivity contribution in [3.63, 3.8) is 0 Å². The average molecular weight is 209 g/mol. The van der Waals surface area contributed by atoms with Gasteiger partial charge in [0.2, 0.25) is 0 Å². The molecule has 74 valence electrons. The highest BCUT2D eigenvalue weighted by molar-refractivity contribution is 7.98. The largest absolute Gasteiger partial charge is 0.480 e. The predicted octanol–water partition coefficient (Wildman–Crippen LogP) is 1.64. The topological polar surface area (TPSA) is 49.3 Å². The van der Waals surface area contributed by atoms with Crippen LogP contribution in [0.2, 0.25) is 0 Å². The van der Waals surface area contributed by atoms with Gasteiger partial charge in [-0.25, -0.2) is 0 Å². The zero-order valence-corrected chi connectivity index (χ0v) is 8.60. The molecule has 0 saturated heterocycles. The number of carboxylic acids is 1. The van der Waals surface area contributed by atoms with Crippen molar-refractivity contribution < 1.29 is 9.90 Å². The Morgan fingerprint density at radius 1 is 1.64 bits per heavy atom. The number of thioether (sulfide) groups is 1. The van der Waals surface area contributed by atoms with Gasteiger partial charge in [0, 0.05) is 11.4 Å². The van der Waals surface area contributed by atoms with Gasteiger partial charge in [-0.05, 0) is 23.4 Å². The molecule has 2 N–H and O–H groups in total. The monoisotopic (exact) mass is 209 g/mol. The lowest BCUT2D eigenvalue weighted by Gasteiger charge is -2.06. The highest BCUT2D eigenvalue weighted by atomic mass is 32.2. The molecule has 2 rings (SSSR count). The number of hydrogen-bond donors (Lipinski definition) is 2. The fourth-order valence-corrected chi connectivity index (χ4v) is 2.42. The zero-order chi connectivity index (χ0) is 10.1. The van der Waals surface area contributed by atoms with Crippen LogP contribution < -0.4 is 5.32 Å². The molecule has 14 heavy (non-hydrogen) atoms. The maximum absolute atomic E-state index is 10.9. The molecular weight excluding hydrogens is 198 g/mol. The van der Waals surface area contributed by atoms with E-state index >= 15 is 0 Å². The Morgan fingerprint density at radius 3 is 3.07 bits per heavy atom. The molecule has 1 aromatic carbocycles. The first-order chi connectivity index (χ1) is 6.74. The number of hydrogen-bond acceptors (Lipinski definition) is 3. The standard InChI is InChI=1S/C10H11NO2S/c1-14-8-4-2-3-6-7(8)5-11-9(6)10(12)13/h2-4,9,11H,5H2,1H3,(H,12,13)/t9-/m1/s1. The van der Waals surface area contributed by atoms with Gasteiger partial charge in [0.15, 0.2) is 0 Å². The van der Waals surface area contributed by atoms with Gasteiger partial charge in [-0.1, -0.05) is 12.1 Å². The Kier molecular flexibility index (Phi) is 2.48. The fourth-order valence-electron chi connectivity index (χ4n) is 1.77. The molecule has 0 radical (unpaired) electrons. The molecule has 0 unspecified atom stereocenters. The van der Waals surface area contributed by atoms with E-state index < -0.39 is 12.0 Å². The Morgan fingerprint density at radius 2 is 2.43 bits per heavy atom. The van der Waals surface area contributed by atoms with E-state index in [1.54, 1.807) is 11.8 Å². The molecule has 1 aliphatic rings. The first kappa shape index (κ1) is 9.55. The van der Waals surface area contributed by atoms with Crippen LogP contribution in [0.5, 0.6) is 0 Å². The highest BCUT2D eigenvalue weighted by Gasteiger charge is 2.28. The quantitative estimate of drug-likeness (QED) is 0.727. The Bertz CT molecular complexity index is 378. The third kappa shape index (κ3) is 1.40. The third-order valence-electron chi connectivity index (χ3n) is 2.43. The van der Waals surface area contributed by atoms with Crippen LogP contribution in [-0.4, -0.2) is 17.3 Å². The second-order valence-electron chi connectivity index (χ2n) is 3.18. The maximum atomic E-state index is 10.9. The molecule has 0 amide bonds. The Hall–Kier alpha value is -1.00. The van der Waals surface area contributed by atoms with E-state index in [4.69, 9.17) is 5.11 Å². The van der Waals surface area contributed by atoms with Crippen molar-refractivity contribution in [2.24, 2.45) is 0 Å². The van der Waals surface area contributed by atoms with Crippen molar-refractivity contribution in [3.05, 3.63) is 29.3 Å². The molecule has 0 saturated carbocycles. The summed E-state index contributed by atoms with van der Waals surface area (Å²) in [4.78, 5) is 12.1. The van der Waals surface area contributed by atoms with Gasteiger partial charge in [0.25, 0.3) is 0 Å². The van der Waals surface area contributed by atoms with Crippen LogP contribution in [0.15, 0.2) is 23.1 Å². The maximum Gasteiger partial charge on any atom is 0.325 e. The summed E-state index contributed by atoms with van der Waals surface area (Å²) in [5.41, 5.74) is 2.04. The summed E-state index contributed by atoms with van der Waals surface area (Å²) in [5, 5.41) is 11.9. The first-order valence-corrected chi connectivity index (χ1v) is 5.58. The predicted molar refractivity (Wildman–Crippen MR) is 55.4 cm³/mol. The minimum Gasteiger partial charge on any atom is -0.480 e. The van der Waals surface area contributed by atoms with Crippen molar-refractivity contribution in [1.82, 2.24) is 5.32 Å².